The number of carbonyl (C=O) groups excluding carboxylic acids is 1. The first-order valence-corrected chi connectivity index (χ1v) is 12.7. The van der Waals surface area contributed by atoms with Crippen LogP contribution in [0.4, 0.5) is 0 Å². The predicted octanol–water partition coefficient (Wildman–Crippen LogP) is 3.49. The number of aromatic nitrogens is 1. The van der Waals surface area contributed by atoms with E-state index in [4.69, 9.17) is 19.5 Å². The fourth-order valence-corrected chi connectivity index (χ4v) is 5.17. The third-order valence-electron chi connectivity index (χ3n) is 5.59. The highest BCUT2D eigenvalue weighted by Crippen LogP contribution is 2.36. The van der Waals surface area contributed by atoms with Crippen molar-refractivity contribution in [1.82, 2.24) is 4.57 Å². The van der Waals surface area contributed by atoms with E-state index in [1.165, 1.54) is 15.9 Å². The van der Waals surface area contributed by atoms with E-state index < -0.39 is 12.0 Å². The minimum Gasteiger partial charge on any atom is -0.491 e. The summed E-state index contributed by atoms with van der Waals surface area (Å²) in [5.41, 5.74) is 1.78. The maximum absolute atomic E-state index is 13.9. The molecule has 1 aliphatic heterocycles. The highest BCUT2D eigenvalue weighted by molar-refractivity contribution is 7.07. The van der Waals surface area contributed by atoms with Gasteiger partial charge in [0.15, 0.2) is 11.4 Å². The first kappa shape index (κ1) is 25.9. The van der Waals surface area contributed by atoms with Crippen LogP contribution in [-0.4, -0.2) is 29.9 Å². The number of fused-ring (bicyclic) bond motifs is 1. The molecule has 0 amide bonds. The Morgan fingerprint density at radius 3 is 2.59 bits per heavy atom. The molecule has 0 radical (unpaired) electrons. The number of nitrogens with zero attached hydrogens (tertiary/aromatic N) is 3. The minimum absolute atomic E-state index is 0.110. The predicted molar refractivity (Wildman–Crippen MR) is 140 cm³/mol. The number of hydrogen-bond donors (Lipinski definition) is 0. The summed E-state index contributed by atoms with van der Waals surface area (Å²) in [6, 6.07) is 15.7. The van der Waals surface area contributed by atoms with Crippen molar-refractivity contribution >= 4 is 23.4 Å². The maximum atomic E-state index is 13.9. The molecule has 2 heterocycles. The van der Waals surface area contributed by atoms with Crippen molar-refractivity contribution in [1.29, 1.82) is 5.26 Å². The van der Waals surface area contributed by atoms with Crippen molar-refractivity contribution in [3.05, 3.63) is 90.6 Å². The summed E-state index contributed by atoms with van der Waals surface area (Å²) in [6.45, 7) is 7.40. The van der Waals surface area contributed by atoms with Crippen LogP contribution >= 0.6 is 11.3 Å². The second-order valence-electron chi connectivity index (χ2n) is 8.49. The highest BCUT2D eigenvalue weighted by atomic mass is 32.1. The number of rotatable bonds is 8. The second kappa shape index (κ2) is 11.3. The Kier molecular flexibility index (Phi) is 7.89. The van der Waals surface area contributed by atoms with Gasteiger partial charge in [-0.1, -0.05) is 47.7 Å². The second-order valence-corrected chi connectivity index (χ2v) is 9.50. The van der Waals surface area contributed by atoms with Gasteiger partial charge in [0.25, 0.3) is 5.56 Å². The van der Waals surface area contributed by atoms with Crippen LogP contribution in [-0.2, 0) is 9.53 Å². The van der Waals surface area contributed by atoms with Crippen LogP contribution < -0.4 is 24.4 Å². The molecule has 9 heteroatoms. The van der Waals surface area contributed by atoms with E-state index in [1.54, 1.807) is 32.1 Å². The summed E-state index contributed by atoms with van der Waals surface area (Å²) in [6.07, 6.45) is 1.60. The average Bonchev–Trinajstić information content (AvgIpc) is 3.17. The van der Waals surface area contributed by atoms with Crippen LogP contribution in [0.3, 0.4) is 0 Å². The molecule has 37 heavy (non-hydrogen) atoms. The topological polar surface area (TPSA) is 103 Å². The molecule has 0 fully saturated rings. The van der Waals surface area contributed by atoms with Crippen LogP contribution in [0.1, 0.15) is 44.9 Å². The first-order valence-electron chi connectivity index (χ1n) is 11.9. The first-order chi connectivity index (χ1) is 17.8. The van der Waals surface area contributed by atoms with E-state index >= 15 is 0 Å². The molecule has 0 saturated heterocycles. The minimum atomic E-state index is -0.780. The number of thiazole rings is 1. The lowest BCUT2D eigenvalue weighted by Gasteiger charge is -2.26. The summed E-state index contributed by atoms with van der Waals surface area (Å²) >= 11 is 1.22. The van der Waals surface area contributed by atoms with Crippen molar-refractivity contribution in [3.63, 3.8) is 0 Å². The quantitative estimate of drug-likeness (QED) is 0.424. The molecule has 0 N–H and O–H groups in total. The molecule has 1 aliphatic rings. The van der Waals surface area contributed by atoms with E-state index in [2.05, 4.69) is 4.99 Å². The third-order valence-corrected chi connectivity index (χ3v) is 6.57. The molecule has 8 nitrogen and oxygen atoms in total. The summed E-state index contributed by atoms with van der Waals surface area (Å²) in [7, 11) is 0. The standard InChI is InChI=1S/C28H27N3O5S/c1-5-34-27(33)24-18(4)30-28-31(25(24)20-11-7-9-13-22(20)36-17(2)3)26(32)23(37-28)16-19-10-6-8-12-21(19)35-15-14-29/h6-13,16-17,25H,5,15H2,1-4H3/b23-16+/t25-/m0/s1. The maximum Gasteiger partial charge on any atom is 0.338 e. The lowest BCUT2D eigenvalue weighted by atomic mass is 9.95. The van der Waals surface area contributed by atoms with Crippen LogP contribution in [0.25, 0.3) is 6.08 Å². The Hall–Kier alpha value is -4.16. The number of carbonyl (C=O) groups is 1. The number of allylic oxidation sites excluding steroid dienone is 1. The average molecular weight is 518 g/mol. The highest BCUT2D eigenvalue weighted by Gasteiger charge is 2.35. The Morgan fingerprint density at radius 2 is 1.89 bits per heavy atom. The van der Waals surface area contributed by atoms with Gasteiger partial charge in [0.1, 0.15) is 23.6 Å². The van der Waals surface area contributed by atoms with Gasteiger partial charge in [0.05, 0.1) is 28.5 Å². The molecule has 1 aromatic heterocycles. The van der Waals surface area contributed by atoms with Gasteiger partial charge in [-0.25, -0.2) is 9.79 Å². The molecule has 0 unspecified atom stereocenters. The van der Waals surface area contributed by atoms with Gasteiger partial charge in [-0.05, 0) is 45.9 Å². The molecule has 4 rings (SSSR count). The number of benzene rings is 2. The van der Waals surface area contributed by atoms with Crippen molar-refractivity contribution in [2.75, 3.05) is 13.2 Å². The van der Waals surface area contributed by atoms with Gasteiger partial charge in [-0.2, -0.15) is 5.26 Å². The molecule has 0 aliphatic carbocycles. The van der Waals surface area contributed by atoms with Gasteiger partial charge >= 0.3 is 5.97 Å². The monoisotopic (exact) mass is 517 g/mol. The van der Waals surface area contributed by atoms with Gasteiger partial charge in [0, 0.05) is 11.1 Å². The van der Waals surface area contributed by atoms with Gasteiger partial charge in [-0.15, -0.1) is 0 Å². The zero-order valence-corrected chi connectivity index (χ0v) is 21.9. The van der Waals surface area contributed by atoms with Crippen molar-refractivity contribution < 1.29 is 19.0 Å². The van der Waals surface area contributed by atoms with E-state index in [0.29, 0.717) is 43.2 Å². The molecule has 3 aromatic rings. The Balaban J connectivity index is 1.96. The van der Waals surface area contributed by atoms with Crippen LogP contribution in [0, 0.1) is 11.3 Å². The molecule has 1 atom stereocenters. The lowest BCUT2D eigenvalue weighted by Crippen LogP contribution is -2.40. The number of nitriles is 1. The fourth-order valence-electron chi connectivity index (χ4n) is 4.14. The molecular weight excluding hydrogens is 490 g/mol. The van der Waals surface area contributed by atoms with E-state index in [0.717, 1.165) is 0 Å². The largest absolute Gasteiger partial charge is 0.491 e. The Bertz CT molecular complexity index is 1580. The zero-order chi connectivity index (χ0) is 26.5. The van der Waals surface area contributed by atoms with Crippen LogP contribution in [0.15, 0.2) is 69.6 Å². The van der Waals surface area contributed by atoms with Crippen molar-refractivity contribution in [3.8, 4) is 17.6 Å². The van der Waals surface area contributed by atoms with Gasteiger partial charge < -0.3 is 14.2 Å². The smallest absolute Gasteiger partial charge is 0.338 e. The zero-order valence-electron chi connectivity index (χ0n) is 21.1. The van der Waals surface area contributed by atoms with Crippen molar-refractivity contribution in [2.45, 2.75) is 39.8 Å². The Labute approximate surface area is 218 Å². The lowest BCUT2D eigenvalue weighted by molar-refractivity contribution is -0.139. The van der Waals surface area contributed by atoms with Gasteiger partial charge in [-0.3, -0.25) is 9.36 Å². The van der Waals surface area contributed by atoms with Gasteiger partial charge in [0.2, 0.25) is 0 Å². The van der Waals surface area contributed by atoms with E-state index in [1.807, 2.05) is 56.3 Å². The molecular formula is C28H27N3O5S. The molecule has 0 spiro atoms. The number of para-hydroxylation sites is 2. The third kappa shape index (κ3) is 5.34. The van der Waals surface area contributed by atoms with E-state index in [-0.39, 0.29) is 24.9 Å². The number of esters is 1. The summed E-state index contributed by atoms with van der Waals surface area (Å²) in [5.74, 6) is 0.534. The summed E-state index contributed by atoms with van der Waals surface area (Å²) in [4.78, 5) is 32.1. The molecule has 2 aromatic carbocycles. The van der Waals surface area contributed by atoms with Crippen molar-refractivity contribution in [2.24, 2.45) is 4.99 Å². The number of hydrogen-bond acceptors (Lipinski definition) is 8. The molecule has 0 bridgehead atoms. The molecule has 0 saturated carbocycles. The van der Waals surface area contributed by atoms with E-state index in [9.17, 15) is 9.59 Å². The normalized spacial score (nSPS) is 15.1. The number of ether oxygens (including phenoxy) is 3. The Morgan fingerprint density at radius 1 is 1.19 bits per heavy atom. The SMILES string of the molecule is CCOC(=O)C1=C(C)N=c2s/c(=C/c3ccccc3OCC#N)c(=O)n2[C@H]1c1ccccc1OC(C)C. The summed E-state index contributed by atoms with van der Waals surface area (Å²) in [5, 5.41) is 8.91. The molecule has 190 valence electrons. The van der Waals surface area contributed by atoms with Crippen LogP contribution in [0.5, 0.6) is 11.5 Å². The van der Waals surface area contributed by atoms with Crippen LogP contribution in [0.2, 0.25) is 0 Å². The summed E-state index contributed by atoms with van der Waals surface area (Å²) < 4.78 is 18.9. The fraction of sp³-hybridized carbons (Fsp3) is 0.286.